The molecule has 0 atom stereocenters. The zero-order chi connectivity index (χ0) is 14.0. The highest BCUT2D eigenvalue weighted by Crippen LogP contribution is 2.27. The van der Waals surface area contributed by atoms with E-state index in [2.05, 4.69) is 4.98 Å². The molecule has 0 N–H and O–H groups in total. The molecule has 0 aliphatic heterocycles. The molecule has 0 amide bonds. The molecule has 0 fully saturated rings. The van der Waals surface area contributed by atoms with Crippen LogP contribution in [0.15, 0.2) is 36.4 Å². The van der Waals surface area contributed by atoms with Gasteiger partial charge in [-0.15, -0.1) is 0 Å². The summed E-state index contributed by atoms with van der Waals surface area (Å²) in [6.45, 7) is 0. The number of rotatable bonds is 3. The van der Waals surface area contributed by atoms with Crippen LogP contribution in [-0.4, -0.2) is 17.0 Å². The van der Waals surface area contributed by atoms with Gasteiger partial charge in [-0.25, -0.2) is 9.37 Å². The van der Waals surface area contributed by atoms with Crippen molar-refractivity contribution in [2.45, 2.75) is 0 Å². The average Bonchev–Trinajstić information content (AvgIpc) is 2.38. The predicted molar refractivity (Wildman–Crippen MR) is 70.4 cm³/mol. The first-order chi connectivity index (χ1) is 8.97. The summed E-state index contributed by atoms with van der Waals surface area (Å²) in [5.41, 5.74) is 0.495. The Balaban J connectivity index is 2.40. The van der Waals surface area contributed by atoms with Gasteiger partial charge in [0.05, 0.1) is 17.1 Å². The Morgan fingerprint density at radius 1 is 1.32 bits per heavy atom. The fraction of sp³-hybridized carbons (Fsp3) is 0.0833. The highest BCUT2D eigenvalue weighted by Gasteiger charge is 2.14. The summed E-state index contributed by atoms with van der Waals surface area (Å²) in [5.74, 6) is -0.0482. The second-order valence-corrected chi connectivity index (χ2v) is 4.19. The van der Waals surface area contributed by atoms with Gasteiger partial charge in [0, 0.05) is 12.7 Å². The third-order valence-electron chi connectivity index (χ3n) is 2.53. The van der Waals surface area contributed by atoms with Crippen molar-refractivity contribution < 1.29 is 9.31 Å². The molecule has 19 heavy (non-hydrogen) atoms. The van der Waals surface area contributed by atoms with Gasteiger partial charge < -0.3 is 4.90 Å². The first-order valence-electron chi connectivity index (χ1n) is 5.28. The van der Waals surface area contributed by atoms with Crippen molar-refractivity contribution in [1.82, 2.24) is 4.98 Å². The molecule has 0 radical (unpaired) electrons. The van der Waals surface area contributed by atoms with Gasteiger partial charge in [-0.1, -0.05) is 11.6 Å². The number of hydrogen-bond donors (Lipinski definition) is 0. The molecule has 0 aliphatic rings. The van der Waals surface area contributed by atoms with Crippen LogP contribution in [-0.2, 0) is 0 Å². The van der Waals surface area contributed by atoms with E-state index in [-0.39, 0.29) is 16.7 Å². The lowest BCUT2D eigenvalue weighted by Crippen LogP contribution is -2.11. The molecule has 98 valence electrons. The van der Waals surface area contributed by atoms with Gasteiger partial charge in [0.25, 0.3) is 5.69 Å². The smallest absolute Gasteiger partial charge is 0.276 e. The predicted octanol–water partition coefficient (Wildman–Crippen LogP) is 3.55. The second kappa shape index (κ2) is 5.19. The summed E-state index contributed by atoms with van der Waals surface area (Å²) in [7, 11) is 1.66. The molecule has 2 aromatic rings. The largest absolute Gasteiger partial charge is 0.329 e. The lowest BCUT2D eigenvalue weighted by Gasteiger charge is -2.18. The number of aromatic nitrogens is 1. The Labute approximate surface area is 113 Å². The van der Waals surface area contributed by atoms with Gasteiger partial charge in [-0.3, -0.25) is 10.1 Å². The zero-order valence-electron chi connectivity index (χ0n) is 9.88. The number of halogens is 2. The molecule has 0 saturated heterocycles. The minimum atomic E-state index is -0.546. The van der Waals surface area contributed by atoms with Gasteiger partial charge in [-0.2, -0.15) is 0 Å². The number of pyridine rings is 1. The molecule has 1 aromatic heterocycles. The topological polar surface area (TPSA) is 59.3 Å². The minimum Gasteiger partial charge on any atom is -0.329 e. The third kappa shape index (κ3) is 2.97. The van der Waals surface area contributed by atoms with Crippen molar-refractivity contribution in [1.29, 1.82) is 0 Å². The molecule has 5 nitrogen and oxygen atoms in total. The second-order valence-electron chi connectivity index (χ2n) is 3.80. The molecular weight excluding hydrogens is 273 g/mol. The van der Waals surface area contributed by atoms with Crippen LogP contribution >= 0.6 is 11.6 Å². The molecule has 0 saturated carbocycles. The minimum absolute atomic E-state index is 0.0261. The van der Waals surface area contributed by atoms with E-state index in [1.54, 1.807) is 24.1 Å². The lowest BCUT2D eigenvalue weighted by atomic mass is 10.3. The van der Waals surface area contributed by atoms with Gasteiger partial charge in [-0.05, 0) is 24.3 Å². The summed E-state index contributed by atoms with van der Waals surface area (Å²) in [6.07, 6.45) is 0. The van der Waals surface area contributed by atoms with E-state index in [9.17, 15) is 14.5 Å². The maximum Gasteiger partial charge on any atom is 0.276 e. The summed E-state index contributed by atoms with van der Waals surface area (Å²) >= 11 is 5.75. The van der Waals surface area contributed by atoms with E-state index in [0.29, 0.717) is 11.5 Å². The van der Waals surface area contributed by atoms with Crippen LogP contribution < -0.4 is 4.90 Å². The molecule has 1 heterocycles. The van der Waals surface area contributed by atoms with Gasteiger partial charge in [0.1, 0.15) is 16.8 Å². The maximum atomic E-state index is 12.8. The number of nitro groups is 1. The quantitative estimate of drug-likeness (QED) is 0.490. The summed E-state index contributed by atoms with van der Waals surface area (Å²) in [4.78, 5) is 15.8. The van der Waals surface area contributed by atoms with Gasteiger partial charge >= 0.3 is 0 Å². The van der Waals surface area contributed by atoms with Crippen molar-refractivity contribution in [3.05, 3.63) is 57.5 Å². The number of hydrogen-bond acceptors (Lipinski definition) is 4. The van der Waals surface area contributed by atoms with E-state index < -0.39 is 4.92 Å². The maximum absolute atomic E-state index is 12.8. The van der Waals surface area contributed by atoms with Crippen LogP contribution in [0.5, 0.6) is 0 Å². The van der Waals surface area contributed by atoms with Crippen LogP contribution in [0.3, 0.4) is 0 Å². The fourth-order valence-corrected chi connectivity index (χ4v) is 1.74. The van der Waals surface area contributed by atoms with Crippen molar-refractivity contribution in [3.63, 3.8) is 0 Å². The SMILES string of the molecule is CN(c1ccc(F)cc1)c1cc([N+](=O)[O-])cc(Cl)n1. The molecule has 2 rings (SSSR count). The monoisotopic (exact) mass is 281 g/mol. The third-order valence-corrected chi connectivity index (χ3v) is 2.73. The molecule has 7 heteroatoms. The van der Waals surface area contributed by atoms with Crippen LogP contribution in [0.4, 0.5) is 21.6 Å². The van der Waals surface area contributed by atoms with Crippen LogP contribution in [0, 0.1) is 15.9 Å². The first-order valence-corrected chi connectivity index (χ1v) is 5.66. The van der Waals surface area contributed by atoms with Crippen molar-refractivity contribution >= 4 is 28.8 Å². The Bertz CT molecular complexity index is 619. The number of anilines is 2. The van der Waals surface area contributed by atoms with E-state index in [4.69, 9.17) is 11.6 Å². The van der Waals surface area contributed by atoms with Crippen LogP contribution in [0.25, 0.3) is 0 Å². The molecule has 0 unspecified atom stereocenters. The normalized spacial score (nSPS) is 10.3. The molecule has 0 bridgehead atoms. The summed E-state index contributed by atoms with van der Waals surface area (Å²) in [6, 6.07) is 8.15. The first kappa shape index (κ1) is 13.2. The standard InChI is InChI=1S/C12H9ClFN3O2/c1-16(9-4-2-8(14)3-5-9)12-7-10(17(18)19)6-11(13)15-12/h2-7H,1H3. The highest BCUT2D eigenvalue weighted by atomic mass is 35.5. The Hall–Kier alpha value is -2.21. The Morgan fingerprint density at radius 2 is 1.95 bits per heavy atom. The zero-order valence-corrected chi connectivity index (χ0v) is 10.6. The Morgan fingerprint density at radius 3 is 2.53 bits per heavy atom. The van der Waals surface area contributed by atoms with Crippen LogP contribution in [0.1, 0.15) is 0 Å². The highest BCUT2D eigenvalue weighted by molar-refractivity contribution is 6.29. The van der Waals surface area contributed by atoms with Crippen molar-refractivity contribution in [2.24, 2.45) is 0 Å². The van der Waals surface area contributed by atoms with E-state index in [0.717, 1.165) is 0 Å². The summed E-state index contributed by atoms with van der Waals surface area (Å²) in [5, 5.41) is 10.8. The fourth-order valence-electron chi connectivity index (χ4n) is 1.54. The van der Waals surface area contributed by atoms with E-state index in [1.165, 1.54) is 24.3 Å². The average molecular weight is 282 g/mol. The molecular formula is C12H9ClFN3O2. The van der Waals surface area contributed by atoms with Gasteiger partial charge in [0.15, 0.2) is 0 Å². The van der Waals surface area contributed by atoms with Crippen molar-refractivity contribution in [3.8, 4) is 0 Å². The molecule has 0 spiro atoms. The van der Waals surface area contributed by atoms with Crippen molar-refractivity contribution in [2.75, 3.05) is 11.9 Å². The van der Waals surface area contributed by atoms with E-state index >= 15 is 0 Å². The molecule has 0 aliphatic carbocycles. The number of benzene rings is 1. The van der Waals surface area contributed by atoms with E-state index in [1.807, 2.05) is 0 Å². The number of nitrogens with zero attached hydrogens (tertiary/aromatic N) is 3. The molecule has 1 aromatic carbocycles. The summed E-state index contributed by atoms with van der Waals surface area (Å²) < 4.78 is 12.8. The van der Waals surface area contributed by atoms with Crippen LogP contribution in [0.2, 0.25) is 5.15 Å². The Kier molecular flexibility index (Phi) is 3.62. The van der Waals surface area contributed by atoms with Gasteiger partial charge in [0.2, 0.25) is 0 Å². The lowest BCUT2D eigenvalue weighted by molar-refractivity contribution is -0.384.